The summed E-state index contributed by atoms with van der Waals surface area (Å²) >= 11 is 1.55. The second kappa shape index (κ2) is 5.72. The van der Waals surface area contributed by atoms with Crippen molar-refractivity contribution < 1.29 is 4.79 Å². The maximum absolute atomic E-state index is 11.5. The van der Waals surface area contributed by atoms with E-state index < -0.39 is 0 Å². The molecule has 14 heavy (non-hydrogen) atoms. The quantitative estimate of drug-likeness (QED) is 0.753. The van der Waals surface area contributed by atoms with Gasteiger partial charge in [0, 0.05) is 24.0 Å². The predicted molar refractivity (Wildman–Crippen MR) is 57.1 cm³/mol. The van der Waals surface area contributed by atoms with Crippen LogP contribution in [0, 0.1) is 5.92 Å². The van der Waals surface area contributed by atoms with E-state index in [4.69, 9.17) is 0 Å². The molecule has 0 aliphatic carbocycles. The van der Waals surface area contributed by atoms with E-state index in [-0.39, 0.29) is 11.8 Å². The van der Waals surface area contributed by atoms with Gasteiger partial charge in [-0.15, -0.1) is 11.3 Å². The topological polar surface area (TPSA) is 54.0 Å². The van der Waals surface area contributed by atoms with Crippen molar-refractivity contribution in [2.75, 3.05) is 13.6 Å². The Bertz CT molecular complexity index is 274. The van der Waals surface area contributed by atoms with Crippen molar-refractivity contribution in [1.82, 2.24) is 15.6 Å². The zero-order valence-corrected chi connectivity index (χ0v) is 9.23. The first-order chi connectivity index (χ1) is 6.74. The molecule has 1 aromatic heterocycles. The summed E-state index contributed by atoms with van der Waals surface area (Å²) in [5, 5.41) is 8.65. The molecular formula is C9H15N3OS. The van der Waals surface area contributed by atoms with Gasteiger partial charge in [0.15, 0.2) is 0 Å². The highest BCUT2D eigenvalue weighted by molar-refractivity contribution is 7.09. The van der Waals surface area contributed by atoms with Crippen LogP contribution in [0.1, 0.15) is 11.9 Å². The standard InChI is InChI=1S/C9H15N3OS/c1-7(5-10-2)9(13)12-6-8-11-3-4-14-8/h3-4,7,10H,5-6H2,1-2H3,(H,12,13). The Labute approximate surface area is 87.7 Å². The fourth-order valence-corrected chi connectivity index (χ4v) is 1.63. The highest BCUT2D eigenvalue weighted by Gasteiger charge is 2.11. The lowest BCUT2D eigenvalue weighted by atomic mass is 10.1. The van der Waals surface area contributed by atoms with E-state index >= 15 is 0 Å². The summed E-state index contributed by atoms with van der Waals surface area (Å²) < 4.78 is 0. The zero-order chi connectivity index (χ0) is 10.4. The molecule has 0 saturated carbocycles. The third-order valence-electron chi connectivity index (χ3n) is 1.86. The molecule has 0 aliphatic heterocycles. The Hall–Kier alpha value is -0.940. The van der Waals surface area contributed by atoms with Crippen LogP contribution in [0.5, 0.6) is 0 Å². The van der Waals surface area contributed by atoms with Crippen LogP contribution < -0.4 is 10.6 Å². The lowest BCUT2D eigenvalue weighted by molar-refractivity contribution is -0.124. The van der Waals surface area contributed by atoms with Gasteiger partial charge in [-0.3, -0.25) is 4.79 Å². The van der Waals surface area contributed by atoms with E-state index in [0.29, 0.717) is 13.1 Å². The smallest absolute Gasteiger partial charge is 0.224 e. The van der Waals surface area contributed by atoms with E-state index in [1.54, 1.807) is 17.5 Å². The summed E-state index contributed by atoms with van der Waals surface area (Å²) in [6.07, 6.45) is 1.74. The van der Waals surface area contributed by atoms with Gasteiger partial charge in [-0.2, -0.15) is 0 Å². The fraction of sp³-hybridized carbons (Fsp3) is 0.556. The zero-order valence-electron chi connectivity index (χ0n) is 8.41. The SMILES string of the molecule is CNCC(C)C(=O)NCc1nccs1. The molecule has 2 N–H and O–H groups in total. The molecule has 1 aromatic rings. The van der Waals surface area contributed by atoms with Crippen LogP contribution in [0.3, 0.4) is 0 Å². The van der Waals surface area contributed by atoms with E-state index in [1.165, 1.54) is 0 Å². The minimum atomic E-state index is -0.0000350. The van der Waals surface area contributed by atoms with Crippen molar-refractivity contribution in [1.29, 1.82) is 0 Å². The second-order valence-electron chi connectivity index (χ2n) is 3.10. The van der Waals surface area contributed by atoms with Gasteiger partial charge in [0.25, 0.3) is 0 Å². The third-order valence-corrected chi connectivity index (χ3v) is 2.63. The molecule has 0 spiro atoms. The molecule has 0 radical (unpaired) electrons. The molecule has 0 saturated heterocycles. The summed E-state index contributed by atoms with van der Waals surface area (Å²) in [5.74, 6) is 0.0644. The lowest BCUT2D eigenvalue weighted by Gasteiger charge is -2.10. The van der Waals surface area contributed by atoms with E-state index in [9.17, 15) is 4.79 Å². The Balaban J connectivity index is 2.27. The van der Waals surface area contributed by atoms with Crippen molar-refractivity contribution in [2.24, 2.45) is 5.92 Å². The first kappa shape index (κ1) is 11.1. The minimum absolute atomic E-state index is 0.0000350. The number of aromatic nitrogens is 1. The third kappa shape index (κ3) is 3.43. The summed E-state index contributed by atoms with van der Waals surface area (Å²) in [4.78, 5) is 15.5. The van der Waals surface area contributed by atoms with Gasteiger partial charge in [0.1, 0.15) is 5.01 Å². The molecule has 1 heterocycles. The largest absolute Gasteiger partial charge is 0.349 e. The summed E-state index contributed by atoms with van der Waals surface area (Å²) in [7, 11) is 1.84. The van der Waals surface area contributed by atoms with Gasteiger partial charge in [0.2, 0.25) is 5.91 Å². The normalized spacial score (nSPS) is 12.4. The molecule has 1 rings (SSSR count). The molecule has 5 heteroatoms. The molecule has 4 nitrogen and oxygen atoms in total. The van der Waals surface area contributed by atoms with Gasteiger partial charge >= 0.3 is 0 Å². The van der Waals surface area contributed by atoms with E-state index in [1.807, 2.05) is 19.4 Å². The van der Waals surface area contributed by atoms with Crippen molar-refractivity contribution in [2.45, 2.75) is 13.5 Å². The van der Waals surface area contributed by atoms with Crippen LogP contribution in [0.15, 0.2) is 11.6 Å². The Morgan fingerprint density at radius 1 is 1.71 bits per heavy atom. The van der Waals surface area contributed by atoms with Crippen molar-refractivity contribution in [3.8, 4) is 0 Å². The lowest BCUT2D eigenvalue weighted by Crippen LogP contribution is -2.33. The number of carbonyl (C=O) groups is 1. The fourth-order valence-electron chi connectivity index (χ4n) is 1.08. The van der Waals surface area contributed by atoms with Gasteiger partial charge in [-0.25, -0.2) is 4.98 Å². The van der Waals surface area contributed by atoms with Crippen molar-refractivity contribution in [3.63, 3.8) is 0 Å². The average molecular weight is 213 g/mol. The predicted octanol–water partition coefficient (Wildman–Crippen LogP) is 0.615. The highest BCUT2D eigenvalue weighted by atomic mass is 32.1. The first-order valence-electron chi connectivity index (χ1n) is 4.54. The number of thiazole rings is 1. The molecule has 0 bridgehead atoms. The molecule has 78 valence electrons. The molecule has 1 atom stereocenters. The van der Waals surface area contributed by atoms with Crippen LogP contribution in [0.2, 0.25) is 0 Å². The van der Waals surface area contributed by atoms with Crippen molar-refractivity contribution in [3.05, 3.63) is 16.6 Å². The number of rotatable bonds is 5. The number of carbonyl (C=O) groups excluding carboxylic acids is 1. The van der Waals surface area contributed by atoms with Crippen LogP contribution in [-0.2, 0) is 11.3 Å². The Morgan fingerprint density at radius 2 is 2.50 bits per heavy atom. The number of hydrogen-bond donors (Lipinski definition) is 2. The van der Waals surface area contributed by atoms with Crippen LogP contribution >= 0.6 is 11.3 Å². The Morgan fingerprint density at radius 3 is 3.07 bits per heavy atom. The van der Waals surface area contributed by atoms with Gasteiger partial charge < -0.3 is 10.6 Å². The Kier molecular flexibility index (Phi) is 4.55. The molecule has 1 amide bonds. The van der Waals surface area contributed by atoms with Gasteiger partial charge in [0.05, 0.1) is 6.54 Å². The number of nitrogens with zero attached hydrogens (tertiary/aromatic N) is 1. The average Bonchev–Trinajstić information content (AvgIpc) is 2.67. The van der Waals surface area contributed by atoms with Gasteiger partial charge in [-0.1, -0.05) is 6.92 Å². The maximum Gasteiger partial charge on any atom is 0.224 e. The summed E-state index contributed by atoms with van der Waals surface area (Å²) in [5.41, 5.74) is 0. The summed E-state index contributed by atoms with van der Waals surface area (Å²) in [6, 6.07) is 0. The maximum atomic E-state index is 11.5. The number of nitrogens with one attached hydrogen (secondary N) is 2. The molecule has 1 unspecified atom stereocenters. The van der Waals surface area contributed by atoms with E-state index in [2.05, 4.69) is 15.6 Å². The second-order valence-corrected chi connectivity index (χ2v) is 4.08. The number of amides is 1. The molecular weight excluding hydrogens is 198 g/mol. The van der Waals surface area contributed by atoms with Gasteiger partial charge in [-0.05, 0) is 7.05 Å². The molecule has 0 aromatic carbocycles. The monoisotopic (exact) mass is 213 g/mol. The van der Waals surface area contributed by atoms with Crippen molar-refractivity contribution >= 4 is 17.2 Å². The van der Waals surface area contributed by atoms with Crippen LogP contribution in [0.4, 0.5) is 0 Å². The molecule has 0 aliphatic rings. The number of hydrogen-bond acceptors (Lipinski definition) is 4. The highest BCUT2D eigenvalue weighted by Crippen LogP contribution is 2.03. The first-order valence-corrected chi connectivity index (χ1v) is 5.42. The van der Waals surface area contributed by atoms with E-state index in [0.717, 1.165) is 5.01 Å². The minimum Gasteiger partial charge on any atom is -0.349 e. The van der Waals surface area contributed by atoms with Crippen LogP contribution in [0.25, 0.3) is 0 Å². The van der Waals surface area contributed by atoms with Crippen LogP contribution in [-0.4, -0.2) is 24.5 Å². The molecule has 0 fully saturated rings. The summed E-state index contributed by atoms with van der Waals surface area (Å²) in [6.45, 7) is 3.13.